The summed E-state index contributed by atoms with van der Waals surface area (Å²) in [7, 11) is 0. The third-order valence-corrected chi connectivity index (χ3v) is 14.1. The van der Waals surface area contributed by atoms with Crippen LogP contribution >= 0.6 is 12.8 Å². The predicted octanol–water partition coefficient (Wildman–Crippen LogP) is 5.77. The van der Waals surface area contributed by atoms with Gasteiger partial charge in [-0.25, -0.2) is 0 Å². The second-order valence-electron chi connectivity index (χ2n) is 10.4. The lowest BCUT2D eigenvalue weighted by Gasteiger charge is -2.30. The Bertz CT molecular complexity index is 1230. The Morgan fingerprint density at radius 2 is 1.17 bits per heavy atom. The van der Waals surface area contributed by atoms with Crippen LogP contribution in [0.2, 0.25) is 0 Å². The third kappa shape index (κ3) is 10.8. The number of nitro groups is 2. The van der Waals surface area contributed by atoms with Gasteiger partial charge in [-0.15, -0.1) is 0 Å². The van der Waals surface area contributed by atoms with Crippen LogP contribution in [-0.2, 0) is 32.7 Å². The molecule has 0 spiro atoms. The molecular weight excluding hydrogens is 614 g/mol. The zero-order valence-corrected chi connectivity index (χ0v) is 28.4. The van der Waals surface area contributed by atoms with E-state index in [1.165, 1.54) is 0 Å². The Hall–Kier alpha value is -1.62. The summed E-state index contributed by atoms with van der Waals surface area (Å²) < 4.78 is 12.5. The smallest absolute Gasteiger partial charge is 0.238 e. The van der Waals surface area contributed by atoms with Crippen molar-refractivity contribution in [3.8, 4) is 0 Å². The SMILES string of the molecule is CCC(C(C)OP(=S)(NCCCC(C)CNP(=S)(OC(C)C(CC)[N+](=O)[O-])c1ccccc1)c1ccccc1)[N+](=O)[O-]. The molecule has 7 atom stereocenters. The van der Waals surface area contributed by atoms with E-state index in [1.54, 1.807) is 27.7 Å². The molecule has 0 radical (unpaired) electrons. The van der Waals surface area contributed by atoms with Crippen LogP contribution in [0.15, 0.2) is 60.7 Å². The molecule has 0 heterocycles. The molecule has 0 saturated heterocycles. The fraction of sp³-hybridized carbons (Fsp3) is 0.571. The quantitative estimate of drug-likeness (QED) is 0.0783. The van der Waals surface area contributed by atoms with Gasteiger partial charge in [0.1, 0.15) is 12.2 Å². The molecular formula is C28H44N4O6P2S2. The van der Waals surface area contributed by atoms with Crippen molar-refractivity contribution in [3.05, 3.63) is 80.9 Å². The number of hydrogen-bond acceptors (Lipinski definition) is 8. The van der Waals surface area contributed by atoms with Gasteiger partial charge in [-0.1, -0.05) is 81.4 Å². The van der Waals surface area contributed by atoms with E-state index in [0.29, 0.717) is 25.9 Å². The number of benzene rings is 2. The molecule has 7 unspecified atom stereocenters. The first-order valence-corrected chi connectivity index (χ1v) is 19.8. The van der Waals surface area contributed by atoms with Gasteiger partial charge in [0.2, 0.25) is 12.1 Å². The molecule has 0 bridgehead atoms. The van der Waals surface area contributed by atoms with E-state index in [2.05, 4.69) is 17.1 Å². The van der Waals surface area contributed by atoms with E-state index < -0.39 is 37.1 Å². The zero-order chi connectivity index (χ0) is 31.3. The number of nitrogens with zero attached hydrogens (tertiary/aromatic N) is 2. The maximum atomic E-state index is 11.5. The van der Waals surface area contributed by atoms with Crippen molar-refractivity contribution in [3.63, 3.8) is 0 Å². The summed E-state index contributed by atoms with van der Waals surface area (Å²) in [4.78, 5) is 22.5. The summed E-state index contributed by atoms with van der Waals surface area (Å²) in [5, 5.41) is 31.6. The molecule has 2 rings (SSSR count). The minimum absolute atomic E-state index is 0.225. The predicted molar refractivity (Wildman–Crippen MR) is 178 cm³/mol. The highest BCUT2D eigenvalue weighted by atomic mass is 32.5. The molecule has 0 aliphatic heterocycles. The van der Waals surface area contributed by atoms with Crippen molar-refractivity contribution >= 4 is 47.1 Å². The molecule has 0 aliphatic rings. The fourth-order valence-corrected chi connectivity index (χ4v) is 10.7. The van der Waals surface area contributed by atoms with Gasteiger partial charge in [0.25, 0.3) is 0 Å². The maximum Gasteiger partial charge on any atom is 0.238 e. The Kier molecular flexibility index (Phi) is 15.3. The first kappa shape index (κ1) is 36.6. The van der Waals surface area contributed by atoms with Crippen molar-refractivity contribution in [1.82, 2.24) is 10.2 Å². The minimum atomic E-state index is -2.75. The summed E-state index contributed by atoms with van der Waals surface area (Å²) in [5.74, 6) is 0.225. The summed E-state index contributed by atoms with van der Waals surface area (Å²) >= 11 is 12.0. The highest BCUT2D eigenvalue weighted by Gasteiger charge is 2.34. The van der Waals surface area contributed by atoms with Crippen LogP contribution in [0.5, 0.6) is 0 Å². The highest BCUT2D eigenvalue weighted by Crippen LogP contribution is 2.45. The van der Waals surface area contributed by atoms with E-state index in [1.807, 2.05) is 60.7 Å². The number of rotatable bonds is 20. The highest BCUT2D eigenvalue weighted by molar-refractivity contribution is 8.15. The fourth-order valence-electron chi connectivity index (χ4n) is 4.60. The van der Waals surface area contributed by atoms with Crippen molar-refractivity contribution in [2.45, 2.75) is 84.6 Å². The van der Waals surface area contributed by atoms with Crippen LogP contribution in [0.25, 0.3) is 0 Å². The van der Waals surface area contributed by atoms with Crippen LogP contribution in [0.4, 0.5) is 0 Å². The topological polar surface area (TPSA) is 129 Å². The zero-order valence-electron chi connectivity index (χ0n) is 25.0. The van der Waals surface area contributed by atoms with E-state index >= 15 is 0 Å². The van der Waals surface area contributed by atoms with Gasteiger partial charge in [-0.05, 0) is 56.2 Å². The Morgan fingerprint density at radius 3 is 1.55 bits per heavy atom. The van der Waals surface area contributed by atoms with Crippen molar-refractivity contribution in [1.29, 1.82) is 0 Å². The summed E-state index contributed by atoms with van der Waals surface area (Å²) in [6, 6.07) is 17.3. The summed E-state index contributed by atoms with van der Waals surface area (Å²) in [6.45, 7) is 10.3. The summed E-state index contributed by atoms with van der Waals surface area (Å²) in [5.41, 5.74) is 0. The molecule has 14 heteroatoms. The molecule has 0 aliphatic carbocycles. The lowest BCUT2D eigenvalue weighted by molar-refractivity contribution is -0.532. The molecule has 0 aromatic heterocycles. The summed E-state index contributed by atoms with van der Waals surface area (Å²) in [6.07, 6.45) is -4.43. The van der Waals surface area contributed by atoms with Gasteiger partial charge >= 0.3 is 0 Å². The molecule has 0 fully saturated rings. The largest absolute Gasteiger partial charge is 0.324 e. The maximum absolute atomic E-state index is 11.5. The second-order valence-corrected chi connectivity index (χ2v) is 17.8. The van der Waals surface area contributed by atoms with Gasteiger partial charge in [0, 0.05) is 46.4 Å². The van der Waals surface area contributed by atoms with Crippen molar-refractivity contribution in [2.24, 2.45) is 5.92 Å². The Balaban J connectivity index is 2.04. The van der Waals surface area contributed by atoms with Gasteiger partial charge in [0.15, 0.2) is 12.8 Å². The van der Waals surface area contributed by atoms with Crippen LogP contribution in [-0.4, -0.2) is 47.2 Å². The first-order valence-electron chi connectivity index (χ1n) is 14.3. The van der Waals surface area contributed by atoms with Crippen LogP contribution in [0.3, 0.4) is 0 Å². The Morgan fingerprint density at radius 1 is 0.762 bits per heavy atom. The first-order chi connectivity index (χ1) is 19.9. The molecule has 2 N–H and O–H groups in total. The van der Waals surface area contributed by atoms with Gasteiger partial charge in [-0.3, -0.25) is 30.4 Å². The van der Waals surface area contributed by atoms with Crippen molar-refractivity contribution < 1.29 is 18.9 Å². The van der Waals surface area contributed by atoms with Crippen LogP contribution in [0.1, 0.15) is 60.3 Å². The monoisotopic (exact) mass is 658 g/mol. The molecule has 42 heavy (non-hydrogen) atoms. The lowest BCUT2D eigenvalue weighted by Crippen LogP contribution is -2.36. The molecule has 2 aromatic rings. The molecule has 2 aromatic carbocycles. The Labute approximate surface area is 259 Å². The van der Waals surface area contributed by atoms with E-state index in [-0.39, 0.29) is 15.8 Å². The van der Waals surface area contributed by atoms with Gasteiger partial charge < -0.3 is 9.05 Å². The van der Waals surface area contributed by atoms with Crippen LogP contribution in [0, 0.1) is 26.1 Å². The van der Waals surface area contributed by atoms with E-state index in [0.717, 1.165) is 23.5 Å². The standard InChI is InChI=1S/C28H44N4O6P2S2/c1-6-27(31(33)34)23(4)37-39(41,25-16-10-8-11-17-25)29-20-14-15-22(3)21-30-40(42,26-18-12-9-13-19-26)38-24(5)28(7-2)32(35)36/h8-13,16-19,22-24,27-28H,6-7,14-15,20-21H2,1-5H3,(H,29,41)(H,30,42). The number of nitrogens with one attached hydrogen (secondary N) is 2. The molecule has 234 valence electrons. The lowest BCUT2D eigenvalue weighted by atomic mass is 10.1. The minimum Gasteiger partial charge on any atom is -0.324 e. The molecule has 0 saturated carbocycles. The normalized spacial score (nSPS) is 18.1. The van der Waals surface area contributed by atoms with E-state index in [9.17, 15) is 20.2 Å². The average Bonchev–Trinajstić information content (AvgIpc) is 2.95. The van der Waals surface area contributed by atoms with Crippen molar-refractivity contribution in [2.75, 3.05) is 13.1 Å². The molecule has 10 nitrogen and oxygen atoms in total. The third-order valence-electron chi connectivity index (χ3n) is 7.13. The van der Waals surface area contributed by atoms with Gasteiger partial charge in [-0.2, -0.15) is 0 Å². The van der Waals surface area contributed by atoms with Gasteiger partial charge in [0.05, 0.1) is 0 Å². The second kappa shape index (κ2) is 17.6. The average molecular weight is 659 g/mol. The van der Waals surface area contributed by atoms with Crippen LogP contribution < -0.4 is 20.8 Å². The molecule has 0 amide bonds. The number of hydrogen-bond donors (Lipinski definition) is 2. The van der Waals surface area contributed by atoms with E-state index in [4.69, 9.17) is 32.7 Å².